The van der Waals surface area contributed by atoms with Gasteiger partial charge in [-0.25, -0.2) is 0 Å². The lowest BCUT2D eigenvalue weighted by atomic mass is 9.84. The first-order valence-electron chi connectivity index (χ1n) is 10.3. The van der Waals surface area contributed by atoms with Gasteiger partial charge in [0.15, 0.2) is 0 Å². The fraction of sp³-hybridized carbons (Fsp3) is 0.333. The number of amides is 1. The fourth-order valence-corrected chi connectivity index (χ4v) is 3.70. The molecule has 1 amide bonds. The molecular formula is C24H25NO5. The summed E-state index contributed by atoms with van der Waals surface area (Å²) in [7, 11) is 0. The van der Waals surface area contributed by atoms with Gasteiger partial charge in [-0.3, -0.25) is 19.2 Å². The average Bonchev–Trinajstić information content (AvgIpc) is 2.73. The minimum atomic E-state index is -0.756. The average molecular weight is 407 g/mol. The van der Waals surface area contributed by atoms with Crippen molar-refractivity contribution in [2.24, 2.45) is 0 Å². The zero-order chi connectivity index (χ0) is 21.5. The second kappa shape index (κ2) is 9.96. The van der Waals surface area contributed by atoms with E-state index in [9.17, 15) is 19.2 Å². The molecule has 3 rings (SSSR count). The van der Waals surface area contributed by atoms with E-state index in [4.69, 9.17) is 5.11 Å². The number of nitrogens with one attached hydrogen (secondary N) is 1. The van der Waals surface area contributed by atoms with E-state index in [1.807, 2.05) is 6.07 Å². The van der Waals surface area contributed by atoms with Gasteiger partial charge in [0, 0.05) is 29.7 Å². The third-order valence-corrected chi connectivity index (χ3v) is 5.26. The number of hydrogen-bond donors (Lipinski definition) is 2. The first-order valence-corrected chi connectivity index (χ1v) is 10.3. The summed E-state index contributed by atoms with van der Waals surface area (Å²) in [6, 6.07) is 12.0. The number of carboxylic acids is 1. The van der Waals surface area contributed by atoms with Crippen LogP contribution in [0, 0.1) is 0 Å². The van der Waals surface area contributed by atoms with Crippen LogP contribution in [0.1, 0.15) is 72.1 Å². The van der Waals surface area contributed by atoms with Crippen LogP contribution >= 0.6 is 0 Å². The molecule has 0 radical (unpaired) electrons. The number of rotatable bonds is 10. The molecule has 156 valence electrons. The Kier molecular flexibility index (Phi) is 7.12. The van der Waals surface area contributed by atoms with Crippen molar-refractivity contribution in [1.29, 1.82) is 0 Å². The van der Waals surface area contributed by atoms with Gasteiger partial charge in [0.25, 0.3) is 0 Å². The maximum atomic E-state index is 12.3. The summed E-state index contributed by atoms with van der Waals surface area (Å²) in [6.07, 6.45) is 5.88. The van der Waals surface area contributed by atoms with Crippen LogP contribution in [0.3, 0.4) is 0 Å². The van der Waals surface area contributed by atoms with Gasteiger partial charge < -0.3 is 10.4 Å². The molecule has 2 aromatic rings. The number of carbonyl (C=O) groups is 4. The zero-order valence-electron chi connectivity index (χ0n) is 16.8. The van der Waals surface area contributed by atoms with Gasteiger partial charge in [0.2, 0.25) is 17.5 Å². The zero-order valence-corrected chi connectivity index (χ0v) is 16.8. The second-order valence-corrected chi connectivity index (χ2v) is 7.53. The molecule has 0 saturated carbocycles. The molecule has 0 spiro atoms. The first kappa shape index (κ1) is 21.4. The Morgan fingerprint density at radius 2 is 1.27 bits per heavy atom. The predicted octanol–water partition coefficient (Wildman–Crippen LogP) is 4.88. The van der Waals surface area contributed by atoms with Crippen molar-refractivity contribution >= 4 is 29.1 Å². The molecule has 0 unspecified atom stereocenters. The number of hydrogen-bond acceptors (Lipinski definition) is 4. The maximum Gasteiger partial charge on any atom is 0.303 e. The monoisotopic (exact) mass is 407 g/mol. The number of unbranched alkanes of at least 4 members (excludes halogenated alkanes) is 5. The lowest BCUT2D eigenvalue weighted by Crippen LogP contribution is -2.21. The quantitative estimate of drug-likeness (QED) is 0.432. The van der Waals surface area contributed by atoms with E-state index in [-0.39, 0.29) is 12.3 Å². The van der Waals surface area contributed by atoms with E-state index in [1.54, 1.807) is 36.4 Å². The molecule has 6 heteroatoms. The highest BCUT2D eigenvalue weighted by atomic mass is 16.4. The minimum Gasteiger partial charge on any atom is -0.481 e. The molecule has 1 aliphatic rings. The second-order valence-electron chi connectivity index (χ2n) is 7.53. The summed E-state index contributed by atoms with van der Waals surface area (Å²) in [5.74, 6) is -1.87. The Balaban J connectivity index is 1.51. The van der Waals surface area contributed by atoms with Crippen LogP contribution in [0.15, 0.2) is 42.5 Å². The van der Waals surface area contributed by atoms with Crippen molar-refractivity contribution in [3.63, 3.8) is 0 Å². The summed E-state index contributed by atoms with van der Waals surface area (Å²) in [5, 5.41) is 11.5. The van der Waals surface area contributed by atoms with Crippen molar-refractivity contribution in [1.82, 2.24) is 0 Å². The van der Waals surface area contributed by atoms with E-state index in [1.165, 1.54) is 0 Å². The molecule has 2 aromatic carbocycles. The standard InChI is InChI=1S/C24H25NO5/c26-21(11-5-3-1-2-4-6-12-22(27)28)25-16-13-14-19-20(15-16)17-9-7-8-10-18(17)23(29)24(19)30/h7-10,13-15H,1-6,11-12H2,(H,25,26)(H,27,28). The molecular weight excluding hydrogens is 382 g/mol. The van der Waals surface area contributed by atoms with Crippen LogP contribution in [-0.2, 0) is 9.59 Å². The summed E-state index contributed by atoms with van der Waals surface area (Å²) in [5.41, 5.74) is 2.72. The van der Waals surface area contributed by atoms with Crippen LogP contribution < -0.4 is 5.32 Å². The number of Topliss-reactive ketones (excluding diaryl/α,β-unsaturated/α-hetero) is 2. The van der Waals surface area contributed by atoms with Crippen molar-refractivity contribution in [3.05, 3.63) is 53.6 Å². The lowest BCUT2D eigenvalue weighted by molar-refractivity contribution is -0.137. The number of aliphatic carboxylic acids is 1. The SMILES string of the molecule is O=C(O)CCCCCCCCC(=O)Nc1ccc2c(c1)-c1ccccc1C(=O)C2=O. The fourth-order valence-electron chi connectivity index (χ4n) is 3.70. The number of anilines is 1. The molecule has 0 aliphatic heterocycles. The van der Waals surface area contributed by atoms with E-state index in [2.05, 4.69) is 5.32 Å². The highest BCUT2D eigenvalue weighted by Gasteiger charge is 2.30. The molecule has 6 nitrogen and oxygen atoms in total. The van der Waals surface area contributed by atoms with Gasteiger partial charge in [-0.2, -0.15) is 0 Å². The Morgan fingerprint density at radius 3 is 1.93 bits per heavy atom. The van der Waals surface area contributed by atoms with Crippen LogP contribution in [0.5, 0.6) is 0 Å². The third kappa shape index (κ3) is 5.20. The van der Waals surface area contributed by atoms with Crippen molar-refractivity contribution in [2.75, 3.05) is 5.32 Å². The molecule has 2 N–H and O–H groups in total. The van der Waals surface area contributed by atoms with Crippen LogP contribution in [0.4, 0.5) is 5.69 Å². The summed E-state index contributed by atoms with van der Waals surface area (Å²) in [4.78, 5) is 47.3. The van der Waals surface area contributed by atoms with E-state index >= 15 is 0 Å². The number of ketones is 2. The minimum absolute atomic E-state index is 0.0904. The summed E-state index contributed by atoms with van der Waals surface area (Å²) < 4.78 is 0. The molecule has 0 bridgehead atoms. The first-order chi connectivity index (χ1) is 14.5. The van der Waals surface area contributed by atoms with Gasteiger partial charge in [-0.1, -0.05) is 49.9 Å². The molecule has 0 saturated heterocycles. The number of carboxylic acid groups (broad SMARTS) is 1. The van der Waals surface area contributed by atoms with Crippen LogP contribution in [0.2, 0.25) is 0 Å². The molecule has 0 atom stereocenters. The third-order valence-electron chi connectivity index (χ3n) is 5.26. The van der Waals surface area contributed by atoms with Gasteiger partial charge in [-0.05, 0) is 42.2 Å². The maximum absolute atomic E-state index is 12.3. The number of fused-ring (bicyclic) bond motifs is 3. The largest absolute Gasteiger partial charge is 0.481 e. The van der Waals surface area contributed by atoms with E-state index in [0.29, 0.717) is 40.8 Å². The topological polar surface area (TPSA) is 101 Å². The van der Waals surface area contributed by atoms with Crippen molar-refractivity contribution < 1.29 is 24.3 Å². The number of carbonyl (C=O) groups excluding carboxylic acids is 3. The van der Waals surface area contributed by atoms with E-state index in [0.717, 1.165) is 32.1 Å². The smallest absolute Gasteiger partial charge is 0.303 e. The molecule has 0 heterocycles. The Bertz CT molecular complexity index is 979. The Morgan fingerprint density at radius 1 is 0.700 bits per heavy atom. The highest BCUT2D eigenvalue weighted by Crippen LogP contribution is 2.35. The van der Waals surface area contributed by atoms with Crippen LogP contribution in [-0.4, -0.2) is 28.5 Å². The molecule has 0 aromatic heterocycles. The van der Waals surface area contributed by atoms with Crippen molar-refractivity contribution in [3.8, 4) is 11.1 Å². The highest BCUT2D eigenvalue weighted by molar-refractivity contribution is 6.53. The summed E-state index contributed by atoms with van der Waals surface area (Å²) >= 11 is 0. The Labute approximate surface area is 175 Å². The Hall–Kier alpha value is -3.28. The van der Waals surface area contributed by atoms with Gasteiger partial charge >= 0.3 is 5.97 Å². The number of benzene rings is 2. The van der Waals surface area contributed by atoms with E-state index < -0.39 is 17.5 Å². The molecule has 0 fully saturated rings. The van der Waals surface area contributed by atoms with Gasteiger partial charge in [0.1, 0.15) is 0 Å². The lowest BCUT2D eigenvalue weighted by Gasteiger charge is -2.18. The predicted molar refractivity (Wildman–Crippen MR) is 114 cm³/mol. The van der Waals surface area contributed by atoms with Crippen molar-refractivity contribution in [2.45, 2.75) is 51.4 Å². The van der Waals surface area contributed by atoms with Gasteiger partial charge in [-0.15, -0.1) is 0 Å². The molecule has 1 aliphatic carbocycles. The molecule has 30 heavy (non-hydrogen) atoms. The normalized spacial score (nSPS) is 12.3. The van der Waals surface area contributed by atoms with Gasteiger partial charge in [0.05, 0.1) is 0 Å². The van der Waals surface area contributed by atoms with Crippen LogP contribution in [0.25, 0.3) is 11.1 Å². The summed E-state index contributed by atoms with van der Waals surface area (Å²) in [6.45, 7) is 0.